The Kier molecular flexibility index (Phi) is 5.54. The smallest absolute Gasteiger partial charge is 0.264 e. The summed E-state index contributed by atoms with van der Waals surface area (Å²) in [5.74, 6) is -0.984. The molecule has 0 aromatic heterocycles. The van der Waals surface area contributed by atoms with Crippen LogP contribution in [0.15, 0.2) is 53.4 Å². The van der Waals surface area contributed by atoms with Gasteiger partial charge in [-0.15, -0.1) is 0 Å². The van der Waals surface area contributed by atoms with Crippen LogP contribution in [-0.2, 0) is 20.2 Å². The molecule has 30 heavy (non-hydrogen) atoms. The third-order valence-electron chi connectivity index (χ3n) is 5.68. The summed E-state index contributed by atoms with van der Waals surface area (Å²) in [7, 11) is -4.01. The zero-order valence-electron chi connectivity index (χ0n) is 18.0. The van der Waals surface area contributed by atoms with Gasteiger partial charge < -0.3 is 4.90 Å². The highest BCUT2D eigenvalue weighted by atomic mass is 32.2. The molecule has 0 saturated carbocycles. The molecule has 0 spiro atoms. The minimum absolute atomic E-state index is 0.0226. The highest BCUT2D eigenvalue weighted by Gasteiger charge is 2.50. The van der Waals surface area contributed by atoms with Crippen molar-refractivity contribution < 1.29 is 18.0 Å². The number of hydrogen-bond donors (Lipinski definition) is 1. The van der Waals surface area contributed by atoms with Gasteiger partial charge in [-0.3, -0.25) is 9.59 Å². The number of sulfonamides is 1. The van der Waals surface area contributed by atoms with Crippen molar-refractivity contribution in [2.75, 3.05) is 6.54 Å². The maximum Gasteiger partial charge on any atom is 0.264 e. The monoisotopic (exact) mass is 428 g/mol. The van der Waals surface area contributed by atoms with Gasteiger partial charge in [-0.2, -0.15) is 0 Å². The lowest BCUT2D eigenvalue weighted by atomic mass is 9.84. The van der Waals surface area contributed by atoms with E-state index in [2.05, 4.69) is 25.5 Å². The summed E-state index contributed by atoms with van der Waals surface area (Å²) >= 11 is 0. The second-order valence-electron chi connectivity index (χ2n) is 9.06. The van der Waals surface area contributed by atoms with Crippen LogP contribution in [-0.4, -0.2) is 37.2 Å². The number of amides is 2. The summed E-state index contributed by atoms with van der Waals surface area (Å²) in [5, 5.41) is 0. The molecule has 1 fully saturated rings. The molecule has 160 valence electrons. The summed E-state index contributed by atoms with van der Waals surface area (Å²) in [6, 6.07) is 13.7. The average molecular weight is 429 g/mol. The number of carbonyl (C=O) groups excluding carboxylic acids is 2. The number of aryl methyl sites for hydroxylation is 1. The van der Waals surface area contributed by atoms with Crippen molar-refractivity contribution in [3.63, 3.8) is 0 Å². The number of carbonyl (C=O) groups is 2. The van der Waals surface area contributed by atoms with Crippen LogP contribution in [0.2, 0.25) is 0 Å². The molecule has 2 aromatic carbocycles. The van der Waals surface area contributed by atoms with E-state index in [0.717, 1.165) is 11.1 Å². The molecule has 1 aliphatic rings. The van der Waals surface area contributed by atoms with E-state index in [1.807, 2.05) is 12.1 Å². The molecule has 1 heterocycles. The molecule has 1 N–H and O–H groups in total. The van der Waals surface area contributed by atoms with Crippen LogP contribution in [0.4, 0.5) is 0 Å². The third kappa shape index (κ3) is 4.12. The van der Waals surface area contributed by atoms with E-state index in [9.17, 15) is 18.0 Å². The lowest BCUT2D eigenvalue weighted by molar-refractivity contribution is -0.135. The summed E-state index contributed by atoms with van der Waals surface area (Å²) in [5.41, 5.74) is 1.11. The first-order chi connectivity index (χ1) is 13.8. The second kappa shape index (κ2) is 7.54. The minimum Gasteiger partial charge on any atom is -0.324 e. The molecule has 2 aromatic rings. The second-order valence-corrected chi connectivity index (χ2v) is 10.7. The summed E-state index contributed by atoms with van der Waals surface area (Å²) in [6.07, 6.45) is 0.397. The highest BCUT2D eigenvalue weighted by molar-refractivity contribution is 7.90. The molecule has 3 rings (SSSR count). The summed E-state index contributed by atoms with van der Waals surface area (Å²) < 4.78 is 27.4. The van der Waals surface area contributed by atoms with E-state index in [0.29, 0.717) is 18.5 Å². The zero-order valence-corrected chi connectivity index (χ0v) is 18.8. The summed E-state index contributed by atoms with van der Waals surface area (Å²) in [6.45, 7) is 10.0. The normalized spacial score (nSPS) is 19.2. The molecule has 0 radical (unpaired) electrons. The third-order valence-corrected chi connectivity index (χ3v) is 7.01. The van der Waals surface area contributed by atoms with Crippen LogP contribution in [0.5, 0.6) is 0 Å². The van der Waals surface area contributed by atoms with E-state index in [1.165, 1.54) is 17.0 Å². The Morgan fingerprint density at radius 1 is 1.07 bits per heavy atom. The summed E-state index contributed by atoms with van der Waals surface area (Å²) in [4.78, 5) is 27.3. The fraction of sp³-hybridized carbons (Fsp3) is 0.391. The van der Waals surface area contributed by atoms with Crippen molar-refractivity contribution in [3.05, 3.63) is 65.2 Å². The van der Waals surface area contributed by atoms with Gasteiger partial charge in [-0.1, -0.05) is 45.0 Å². The standard InChI is InChI=1S/C23H28N2O4S/c1-16-7-6-8-19(15-16)30(28,29)24-21(27)23(5)13-14-25(23)20(26)17-9-11-18(12-10-17)22(2,3)4/h6-12,15H,13-14H2,1-5H3,(H,24,27). The molecule has 6 nitrogen and oxygen atoms in total. The number of nitrogens with one attached hydrogen (secondary N) is 1. The number of hydrogen-bond acceptors (Lipinski definition) is 4. The lowest BCUT2D eigenvalue weighted by Crippen LogP contribution is -2.67. The van der Waals surface area contributed by atoms with Gasteiger partial charge in [0.05, 0.1) is 4.90 Å². The Morgan fingerprint density at radius 3 is 2.20 bits per heavy atom. The number of benzene rings is 2. The van der Waals surface area contributed by atoms with Crippen LogP contribution < -0.4 is 4.72 Å². The Bertz CT molecular complexity index is 1080. The predicted molar refractivity (Wildman–Crippen MR) is 116 cm³/mol. The Morgan fingerprint density at radius 2 is 1.70 bits per heavy atom. The predicted octanol–water partition coefficient (Wildman–Crippen LogP) is 3.40. The first kappa shape index (κ1) is 22.0. The molecule has 0 aliphatic carbocycles. The Balaban J connectivity index is 1.78. The van der Waals surface area contributed by atoms with Gasteiger partial charge in [0.1, 0.15) is 5.54 Å². The van der Waals surface area contributed by atoms with Gasteiger partial charge in [0, 0.05) is 12.1 Å². The Labute approximate surface area is 178 Å². The van der Waals surface area contributed by atoms with E-state index in [4.69, 9.17) is 0 Å². The first-order valence-corrected chi connectivity index (χ1v) is 11.4. The van der Waals surface area contributed by atoms with Crippen molar-refractivity contribution in [1.82, 2.24) is 9.62 Å². The van der Waals surface area contributed by atoms with Crippen LogP contribution in [0, 0.1) is 6.92 Å². The topological polar surface area (TPSA) is 83.6 Å². The lowest BCUT2D eigenvalue weighted by Gasteiger charge is -2.48. The number of nitrogens with zero attached hydrogens (tertiary/aromatic N) is 1. The maximum absolute atomic E-state index is 13.0. The molecule has 1 aliphatic heterocycles. The molecule has 0 bridgehead atoms. The minimum atomic E-state index is -4.01. The fourth-order valence-electron chi connectivity index (χ4n) is 3.46. The van der Waals surface area contributed by atoms with Crippen LogP contribution in [0.1, 0.15) is 55.6 Å². The van der Waals surface area contributed by atoms with Crippen LogP contribution in [0.3, 0.4) is 0 Å². The van der Waals surface area contributed by atoms with E-state index in [-0.39, 0.29) is 16.2 Å². The average Bonchev–Trinajstić information content (AvgIpc) is 2.65. The fourth-order valence-corrected chi connectivity index (χ4v) is 4.64. The van der Waals surface area contributed by atoms with Gasteiger partial charge in [0.2, 0.25) is 0 Å². The number of likely N-dealkylation sites (tertiary alicyclic amines) is 1. The van der Waals surface area contributed by atoms with Gasteiger partial charge in [-0.05, 0) is 61.1 Å². The molecule has 1 saturated heterocycles. The van der Waals surface area contributed by atoms with Crippen molar-refractivity contribution in [2.24, 2.45) is 0 Å². The molecular formula is C23H28N2O4S. The van der Waals surface area contributed by atoms with Crippen LogP contribution >= 0.6 is 0 Å². The van der Waals surface area contributed by atoms with Crippen LogP contribution in [0.25, 0.3) is 0 Å². The zero-order chi connectivity index (χ0) is 22.3. The van der Waals surface area contributed by atoms with E-state index < -0.39 is 21.5 Å². The molecule has 7 heteroatoms. The quantitative estimate of drug-likeness (QED) is 0.809. The molecule has 1 atom stereocenters. The SMILES string of the molecule is Cc1cccc(S(=O)(=O)NC(=O)C2(C)CCN2C(=O)c2ccc(C(C)(C)C)cc2)c1. The molecule has 1 unspecified atom stereocenters. The van der Waals surface area contributed by atoms with Crippen molar-refractivity contribution in [3.8, 4) is 0 Å². The van der Waals surface area contributed by atoms with Gasteiger partial charge in [0.15, 0.2) is 0 Å². The van der Waals surface area contributed by atoms with E-state index in [1.54, 1.807) is 38.1 Å². The molecular weight excluding hydrogens is 400 g/mol. The van der Waals surface area contributed by atoms with E-state index >= 15 is 0 Å². The van der Waals surface area contributed by atoms with Gasteiger partial charge in [-0.25, -0.2) is 13.1 Å². The first-order valence-electron chi connectivity index (χ1n) is 9.91. The Hall–Kier alpha value is -2.67. The van der Waals surface area contributed by atoms with Crippen molar-refractivity contribution in [2.45, 2.75) is 56.9 Å². The highest BCUT2D eigenvalue weighted by Crippen LogP contribution is 2.33. The largest absolute Gasteiger partial charge is 0.324 e. The number of rotatable bonds is 4. The van der Waals surface area contributed by atoms with Gasteiger partial charge in [0.25, 0.3) is 21.8 Å². The molecule has 2 amide bonds. The van der Waals surface area contributed by atoms with Crippen molar-refractivity contribution >= 4 is 21.8 Å². The van der Waals surface area contributed by atoms with Gasteiger partial charge >= 0.3 is 0 Å². The maximum atomic E-state index is 13.0. The van der Waals surface area contributed by atoms with Crippen molar-refractivity contribution in [1.29, 1.82) is 0 Å².